The molecule has 0 aliphatic carbocycles. The van der Waals surface area contributed by atoms with Crippen molar-refractivity contribution >= 4 is 0 Å². The maximum absolute atomic E-state index is 2.38. The molecule has 0 N–H and O–H groups in total. The van der Waals surface area contributed by atoms with E-state index in [4.69, 9.17) is 0 Å². The molecule has 0 bridgehead atoms. The highest BCUT2D eigenvalue weighted by Gasteiger charge is 2.19. The van der Waals surface area contributed by atoms with Gasteiger partial charge in [-0.1, -0.05) is 0 Å². The highest BCUT2D eigenvalue weighted by atomic mass is 15.3. The summed E-state index contributed by atoms with van der Waals surface area (Å²) in [6.07, 6.45) is 3.91. The van der Waals surface area contributed by atoms with Crippen molar-refractivity contribution in [3.63, 3.8) is 0 Å². The van der Waals surface area contributed by atoms with Gasteiger partial charge in [-0.15, -0.1) is 0 Å². The lowest BCUT2D eigenvalue weighted by Crippen LogP contribution is -2.46. The predicted molar refractivity (Wildman–Crippen MR) is 94.6 cm³/mol. The number of quaternary nitrogens is 2. The summed E-state index contributed by atoms with van der Waals surface area (Å²) < 4.78 is 2.32. The van der Waals surface area contributed by atoms with Crippen LogP contribution < -0.4 is 0 Å². The number of hydrogen-bond acceptors (Lipinski definition) is 2. The van der Waals surface area contributed by atoms with E-state index in [1.54, 1.807) is 0 Å². The van der Waals surface area contributed by atoms with Crippen molar-refractivity contribution in [2.75, 3.05) is 95.6 Å². The molecule has 0 saturated carbocycles. The van der Waals surface area contributed by atoms with Crippen LogP contribution in [0.25, 0.3) is 0 Å². The fourth-order valence-corrected chi connectivity index (χ4v) is 2.78. The molecule has 128 valence electrons. The minimum absolute atomic E-state index is 1.16. The van der Waals surface area contributed by atoms with Crippen molar-refractivity contribution in [3.05, 3.63) is 0 Å². The lowest BCUT2D eigenvalue weighted by molar-refractivity contribution is -0.909. The molecule has 0 amide bonds. The van der Waals surface area contributed by atoms with Crippen LogP contribution >= 0.6 is 0 Å². The summed E-state index contributed by atoms with van der Waals surface area (Å²) >= 11 is 0. The predicted octanol–water partition coefficient (Wildman–Crippen LogP) is 1.43. The van der Waals surface area contributed by atoms with Crippen LogP contribution in [0.4, 0.5) is 0 Å². The van der Waals surface area contributed by atoms with Gasteiger partial charge in [0.2, 0.25) is 0 Å². The monoisotopic (exact) mass is 302 g/mol. The summed E-state index contributed by atoms with van der Waals surface area (Å²) in [5, 5.41) is 0. The highest BCUT2D eigenvalue weighted by Crippen LogP contribution is 2.07. The van der Waals surface area contributed by atoms with E-state index in [9.17, 15) is 0 Å². The van der Waals surface area contributed by atoms with Crippen molar-refractivity contribution in [1.82, 2.24) is 9.80 Å². The third kappa shape index (κ3) is 13.2. The Morgan fingerprint density at radius 2 is 0.810 bits per heavy atom. The molecule has 0 aromatic heterocycles. The molecular formula is C17H42N4+2. The molecule has 0 fully saturated rings. The second-order valence-electron chi connectivity index (χ2n) is 8.43. The molecule has 0 radical (unpaired) electrons. The van der Waals surface area contributed by atoms with Gasteiger partial charge in [-0.2, -0.15) is 0 Å². The minimum atomic E-state index is 1.16. The van der Waals surface area contributed by atoms with Gasteiger partial charge in [-0.25, -0.2) is 0 Å². The second kappa shape index (κ2) is 9.78. The Morgan fingerprint density at radius 3 is 1.10 bits per heavy atom. The van der Waals surface area contributed by atoms with Crippen LogP contribution in [0.3, 0.4) is 0 Å². The summed E-state index contributed by atoms with van der Waals surface area (Å²) in [5.74, 6) is 0. The topological polar surface area (TPSA) is 6.48 Å². The van der Waals surface area contributed by atoms with E-state index in [1.807, 2.05) is 0 Å². The van der Waals surface area contributed by atoms with Gasteiger partial charge in [0.25, 0.3) is 0 Å². The van der Waals surface area contributed by atoms with E-state index in [0.29, 0.717) is 0 Å². The first-order chi connectivity index (χ1) is 9.54. The molecule has 0 spiro atoms. The Labute approximate surface area is 134 Å². The minimum Gasteiger partial charge on any atom is -0.328 e. The summed E-state index contributed by atoms with van der Waals surface area (Å²) in [5.41, 5.74) is 0. The van der Waals surface area contributed by atoms with Gasteiger partial charge in [0.1, 0.15) is 0 Å². The Hall–Kier alpha value is -0.160. The second-order valence-corrected chi connectivity index (χ2v) is 8.43. The number of rotatable bonds is 12. The lowest BCUT2D eigenvalue weighted by Gasteiger charge is -2.34. The lowest BCUT2D eigenvalue weighted by atomic mass is 10.2. The summed E-state index contributed by atoms with van der Waals surface area (Å²) in [4.78, 5) is 4.56. The van der Waals surface area contributed by atoms with Crippen molar-refractivity contribution in [3.8, 4) is 0 Å². The Kier molecular flexibility index (Phi) is 9.70. The van der Waals surface area contributed by atoms with Gasteiger partial charge >= 0.3 is 0 Å². The van der Waals surface area contributed by atoms with Gasteiger partial charge in [-0.05, 0) is 28.2 Å². The molecule has 0 heterocycles. The molecule has 4 heteroatoms. The van der Waals surface area contributed by atoms with E-state index in [0.717, 1.165) is 8.97 Å². The van der Waals surface area contributed by atoms with Crippen LogP contribution in [-0.2, 0) is 0 Å². The average Bonchev–Trinajstić information content (AvgIpc) is 2.26. The SMILES string of the molecule is CN(C)CCC[N+](C)(C)CCC[N+](C)(C)CCCN(C)C. The molecule has 21 heavy (non-hydrogen) atoms. The Morgan fingerprint density at radius 1 is 0.524 bits per heavy atom. The van der Waals surface area contributed by atoms with Gasteiger partial charge in [0.05, 0.1) is 54.4 Å². The molecule has 0 atom stereocenters. The molecule has 0 unspecified atom stereocenters. The maximum atomic E-state index is 2.38. The van der Waals surface area contributed by atoms with Crippen LogP contribution in [0.5, 0.6) is 0 Å². The smallest absolute Gasteiger partial charge is 0.0836 e. The molecule has 4 nitrogen and oxygen atoms in total. The van der Waals surface area contributed by atoms with Crippen molar-refractivity contribution in [1.29, 1.82) is 0 Å². The quantitative estimate of drug-likeness (QED) is 0.503. The Balaban J connectivity index is 3.87. The van der Waals surface area contributed by atoms with Crippen LogP contribution in [0, 0.1) is 0 Å². The highest BCUT2D eigenvalue weighted by molar-refractivity contribution is 4.47. The van der Waals surface area contributed by atoms with Crippen LogP contribution in [-0.4, -0.2) is 114 Å². The first-order valence-electron chi connectivity index (χ1n) is 8.48. The largest absolute Gasteiger partial charge is 0.328 e. The van der Waals surface area contributed by atoms with Crippen molar-refractivity contribution in [2.24, 2.45) is 0 Å². The summed E-state index contributed by atoms with van der Waals surface area (Å²) in [7, 11) is 18.1. The van der Waals surface area contributed by atoms with E-state index >= 15 is 0 Å². The summed E-state index contributed by atoms with van der Waals surface area (Å²) in [6, 6.07) is 0. The fourth-order valence-electron chi connectivity index (χ4n) is 2.78. The van der Waals surface area contributed by atoms with E-state index in [-0.39, 0.29) is 0 Å². The molecule has 0 aromatic carbocycles. The zero-order chi connectivity index (χ0) is 16.5. The molecule has 0 rings (SSSR count). The Bertz CT molecular complexity index is 234. The molecule has 0 aliphatic heterocycles. The van der Waals surface area contributed by atoms with Crippen LogP contribution in [0.1, 0.15) is 19.3 Å². The van der Waals surface area contributed by atoms with E-state index in [1.165, 1.54) is 58.5 Å². The zero-order valence-electron chi connectivity index (χ0n) is 16.2. The van der Waals surface area contributed by atoms with Crippen molar-refractivity contribution in [2.45, 2.75) is 19.3 Å². The van der Waals surface area contributed by atoms with Crippen LogP contribution in [0.2, 0.25) is 0 Å². The first kappa shape index (κ1) is 20.8. The molecule has 0 aromatic rings. The van der Waals surface area contributed by atoms with E-state index < -0.39 is 0 Å². The maximum Gasteiger partial charge on any atom is 0.0836 e. The standard InChI is InChI=1S/C17H42N4/c1-18(2)12-9-14-20(5,6)16-11-17-21(7,8)15-10-13-19(3)4/h9-17H2,1-8H3/q+2. The van der Waals surface area contributed by atoms with Gasteiger partial charge in [0, 0.05) is 32.4 Å². The van der Waals surface area contributed by atoms with Gasteiger partial charge in [-0.3, -0.25) is 0 Å². The summed E-state index contributed by atoms with van der Waals surface area (Å²) in [6.45, 7) is 7.56. The third-order valence-electron chi connectivity index (χ3n) is 4.26. The zero-order valence-corrected chi connectivity index (χ0v) is 16.2. The number of hydrogen-bond donors (Lipinski definition) is 0. The molecule has 0 saturated heterocycles. The van der Waals surface area contributed by atoms with Gasteiger partial charge in [0.15, 0.2) is 0 Å². The number of nitrogens with zero attached hydrogens (tertiary/aromatic N) is 4. The normalized spacial score (nSPS) is 13.4. The third-order valence-corrected chi connectivity index (χ3v) is 4.26. The molecule has 0 aliphatic rings. The van der Waals surface area contributed by atoms with Gasteiger partial charge < -0.3 is 18.8 Å². The fraction of sp³-hybridized carbons (Fsp3) is 1.00. The first-order valence-corrected chi connectivity index (χ1v) is 8.48. The average molecular weight is 303 g/mol. The van der Waals surface area contributed by atoms with Crippen molar-refractivity contribution < 1.29 is 8.97 Å². The molecular weight excluding hydrogens is 260 g/mol. The van der Waals surface area contributed by atoms with E-state index in [2.05, 4.69) is 66.2 Å². The van der Waals surface area contributed by atoms with Crippen LogP contribution in [0.15, 0.2) is 0 Å².